The van der Waals surface area contributed by atoms with Gasteiger partial charge >= 0.3 is 0 Å². The smallest absolute Gasteiger partial charge is 0.126 e. The lowest BCUT2D eigenvalue weighted by Gasteiger charge is -2.31. The molecular weight excluding hydrogens is 492 g/mol. The van der Waals surface area contributed by atoms with Gasteiger partial charge in [-0.05, 0) is 53.4 Å². The molecule has 0 amide bonds. The minimum atomic E-state index is -0.189. The van der Waals surface area contributed by atoms with Crippen molar-refractivity contribution in [2.45, 2.75) is 32.0 Å². The van der Waals surface area contributed by atoms with Crippen LogP contribution >= 0.6 is 31.9 Å². The molecule has 0 bridgehead atoms. The van der Waals surface area contributed by atoms with Crippen LogP contribution in [0.25, 0.3) is 0 Å². The normalized spacial score (nSPS) is 19.1. The number of nitrogens with zero attached hydrogens (tertiary/aromatic N) is 1. The summed E-state index contributed by atoms with van der Waals surface area (Å²) in [6.45, 7) is 2.16. The Hall–Kier alpha value is -1.95. The molecule has 0 spiro atoms. The van der Waals surface area contributed by atoms with Gasteiger partial charge in [-0.25, -0.2) is 0 Å². The number of hydrogen-bond donors (Lipinski definition) is 2. The number of aryl methyl sites for hydroxylation is 1. The zero-order valence-electron chi connectivity index (χ0n) is 16.1. The molecule has 2 atom stereocenters. The second-order valence-electron chi connectivity index (χ2n) is 7.21. The Kier molecular flexibility index (Phi) is 6.18. The summed E-state index contributed by atoms with van der Waals surface area (Å²) in [6, 6.07) is 22.3. The van der Waals surface area contributed by atoms with Crippen LogP contribution in [-0.2, 0) is 6.42 Å². The van der Waals surface area contributed by atoms with Crippen molar-refractivity contribution < 1.29 is 5.11 Å². The van der Waals surface area contributed by atoms with Crippen LogP contribution in [0, 0.1) is 0 Å². The van der Waals surface area contributed by atoms with Gasteiger partial charge in [0.1, 0.15) is 11.9 Å². The predicted octanol–water partition coefficient (Wildman–Crippen LogP) is 6.70. The SMILES string of the molecule is CCc1ccc(C2=N[C@@H](c3cccc(Br)c3)N[C@H](c3cc(Br)ccc3O)C2)cc1. The Bertz CT molecular complexity index is 1050. The van der Waals surface area contributed by atoms with Crippen LogP contribution in [0.2, 0.25) is 0 Å². The first-order chi connectivity index (χ1) is 14.0. The number of rotatable bonds is 4. The Balaban J connectivity index is 1.76. The van der Waals surface area contributed by atoms with Gasteiger partial charge in [0.25, 0.3) is 0 Å². The van der Waals surface area contributed by atoms with Crippen molar-refractivity contribution in [3.63, 3.8) is 0 Å². The number of phenolic OH excluding ortho intramolecular Hbond substituents is 1. The molecule has 1 heterocycles. The number of aromatic hydroxyl groups is 1. The highest BCUT2D eigenvalue weighted by Gasteiger charge is 2.28. The minimum Gasteiger partial charge on any atom is -0.508 e. The van der Waals surface area contributed by atoms with Crippen LogP contribution in [0.5, 0.6) is 5.75 Å². The molecule has 29 heavy (non-hydrogen) atoms. The van der Waals surface area contributed by atoms with Gasteiger partial charge < -0.3 is 5.11 Å². The first-order valence-corrected chi connectivity index (χ1v) is 11.3. The summed E-state index contributed by atoms with van der Waals surface area (Å²) < 4.78 is 1.97. The molecular formula is C24H22Br2N2O. The third-order valence-electron chi connectivity index (χ3n) is 5.27. The van der Waals surface area contributed by atoms with E-state index in [1.165, 1.54) is 5.56 Å². The summed E-state index contributed by atoms with van der Waals surface area (Å²) in [7, 11) is 0. The summed E-state index contributed by atoms with van der Waals surface area (Å²) in [5.41, 5.74) is 5.44. The topological polar surface area (TPSA) is 44.6 Å². The van der Waals surface area contributed by atoms with Gasteiger partial charge in [-0.2, -0.15) is 0 Å². The van der Waals surface area contributed by atoms with Crippen molar-refractivity contribution in [3.05, 3.63) is 97.9 Å². The Morgan fingerprint density at radius 2 is 1.76 bits per heavy atom. The summed E-state index contributed by atoms with van der Waals surface area (Å²) in [5.74, 6) is 0.293. The molecule has 3 nitrogen and oxygen atoms in total. The van der Waals surface area contributed by atoms with E-state index in [9.17, 15) is 5.11 Å². The fourth-order valence-corrected chi connectivity index (χ4v) is 4.46. The number of nitrogens with one attached hydrogen (secondary N) is 1. The van der Waals surface area contributed by atoms with E-state index in [0.717, 1.165) is 37.8 Å². The Labute approximate surface area is 188 Å². The average molecular weight is 514 g/mol. The maximum Gasteiger partial charge on any atom is 0.126 e. The van der Waals surface area contributed by atoms with Gasteiger partial charge in [0.05, 0.1) is 0 Å². The molecule has 0 radical (unpaired) electrons. The lowest BCUT2D eigenvalue weighted by molar-refractivity contribution is 0.412. The quantitative estimate of drug-likeness (QED) is 0.407. The van der Waals surface area contributed by atoms with Gasteiger partial charge in [0.2, 0.25) is 0 Å². The third-order valence-corrected chi connectivity index (χ3v) is 6.25. The monoisotopic (exact) mass is 512 g/mol. The molecule has 1 aliphatic rings. The predicted molar refractivity (Wildman–Crippen MR) is 126 cm³/mol. The zero-order chi connectivity index (χ0) is 20.4. The van der Waals surface area contributed by atoms with Gasteiger partial charge in [-0.3, -0.25) is 10.3 Å². The Morgan fingerprint density at radius 1 is 1.00 bits per heavy atom. The molecule has 0 unspecified atom stereocenters. The van der Waals surface area contributed by atoms with Gasteiger partial charge in [0, 0.05) is 32.7 Å². The van der Waals surface area contributed by atoms with E-state index >= 15 is 0 Å². The maximum atomic E-state index is 10.5. The number of halogens is 2. The van der Waals surface area contributed by atoms with Gasteiger partial charge in [0.15, 0.2) is 0 Å². The van der Waals surface area contributed by atoms with Crippen molar-refractivity contribution in [2.75, 3.05) is 0 Å². The van der Waals surface area contributed by atoms with Crippen molar-refractivity contribution >= 4 is 37.6 Å². The maximum absolute atomic E-state index is 10.5. The average Bonchev–Trinajstić information content (AvgIpc) is 2.75. The number of aliphatic imine (C=N–C) groups is 1. The lowest BCUT2D eigenvalue weighted by Crippen LogP contribution is -2.33. The molecule has 148 valence electrons. The second-order valence-corrected chi connectivity index (χ2v) is 9.04. The summed E-state index contributed by atoms with van der Waals surface area (Å²) in [4.78, 5) is 5.04. The first-order valence-electron chi connectivity index (χ1n) is 9.69. The summed E-state index contributed by atoms with van der Waals surface area (Å²) in [6.07, 6.45) is 1.54. The highest BCUT2D eigenvalue weighted by Crippen LogP contribution is 2.36. The molecule has 3 aromatic rings. The fraction of sp³-hybridized carbons (Fsp3) is 0.208. The summed E-state index contributed by atoms with van der Waals surface area (Å²) >= 11 is 7.10. The van der Waals surface area contributed by atoms with E-state index in [1.807, 2.05) is 24.3 Å². The number of phenols is 1. The van der Waals surface area contributed by atoms with E-state index in [4.69, 9.17) is 4.99 Å². The summed E-state index contributed by atoms with van der Waals surface area (Å²) in [5, 5.41) is 14.1. The zero-order valence-corrected chi connectivity index (χ0v) is 19.2. The lowest BCUT2D eigenvalue weighted by atomic mass is 9.93. The van der Waals surface area contributed by atoms with Crippen LogP contribution in [0.3, 0.4) is 0 Å². The number of hydrogen-bond acceptors (Lipinski definition) is 3. The van der Waals surface area contributed by atoms with Gasteiger partial charge in [-0.15, -0.1) is 0 Å². The molecule has 0 aromatic heterocycles. The highest BCUT2D eigenvalue weighted by molar-refractivity contribution is 9.10. The molecule has 3 aromatic carbocycles. The van der Waals surface area contributed by atoms with E-state index in [1.54, 1.807) is 6.07 Å². The molecule has 2 N–H and O–H groups in total. The van der Waals surface area contributed by atoms with Crippen LogP contribution in [0.15, 0.2) is 80.7 Å². The van der Waals surface area contributed by atoms with Crippen molar-refractivity contribution in [1.29, 1.82) is 0 Å². The highest BCUT2D eigenvalue weighted by atomic mass is 79.9. The molecule has 5 heteroatoms. The molecule has 0 fully saturated rings. The molecule has 0 aliphatic carbocycles. The molecule has 0 saturated carbocycles. The largest absolute Gasteiger partial charge is 0.508 e. The van der Waals surface area contributed by atoms with E-state index in [2.05, 4.69) is 80.5 Å². The second kappa shape index (κ2) is 8.82. The van der Waals surface area contributed by atoms with Crippen LogP contribution in [0.1, 0.15) is 47.8 Å². The standard InChI is InChI=1S/C24H22Br2N2O/c1-2-15-6-8-16(9-7-15)21-14-22(20-13-19(26)10-11-23(20)29)28-24(27-21)17-4-3-5-18(25)12-17/h3-13,22,24,28-29H,2,14H2,1H3/t22-,24+/m0/s1. The fourth-order valence-electron chi connectivity index (χ4n) is 3.67. The molecule has 1 aliphatic heterocycles. The van der Waals surface area contributed by atoms with E-state index in [-0.39, 0.29) is 12.2 Å². The molecule has 0 saturated heterocycles. The number of benzene rings is 3. The van der Waals surface area contributed by atoms with Crippen molar-refractivity contribution in [2.24, 2.45) is 4.99 Å². The first kappa shape index (κ1) is 20.3. The van der Waals surface area contributed by atoms with Crippen LogP contribution in [-0.4, -0.2) is 10.8 Å². The molecule has 4 rings (SSSR count). The van der Waals surface area contributed by atoms with Crippen LogP contribution < -0.4 is 5.32 Å². The minimum absolute atomic E-state index is 0.0465. The Morgan fingerprint density at radius 3 is 2.48 bits per heavy atom. The van der Waals surface area contributed by atoms with E-state index in [0.29, 0.717) is 12.2 Å². The van der Waals surface area contributed by atoms with Crippen molar-refractivity contribution in [3.8, 4) is 5.75 Å². The van der Waals surface area contributed by atoms with Crippen LogP contribution in [0.4, 0.5) is 0 Å². The third kappa shape index (κ3) is 4.63. The van der Waals surface area contributed by atoms with Gasteiger partial charge in [-0.1, -0.05) is 75.2 Å². The van der Waals surface area contributed by atoms with Crippen molar-refractivity contribution in [1.82, 2.24) is 5.32 Å². The van der Waals surface area contributed by atoms with E-state index < -0.39 is 0 Å².